The lowest BCUT2D eigenvalue weighted by Gasteiger charge is -2.26. The van der Waals surface area contributed by atoms with Crippen LogP contribution in [0, 0.1) is 7.14 Å². The van der Waals surface area contributed by atoms with Crippen molar-refractivity contribution in [3.8, 4) is 11.5 Å². The molecule has 2 saturated heterocycles. The summed E-state index contributed by atoms with van der Waals surface area (Å²) < 4.78 is 29.0. The fourth-order valence-electron chi connectivity index (χ4n) is 4.14. The number of benzene rings is 2. The molecule has 39 heavy (non-hydrogen) atoms. The molecule has 0 aliphatic carbocycles. The topological polar surface area (TPSA) is 107 Å². The smallest absolute Gasteiger partial charge is 0.338 e. The number of phenols is 1. The van der Waals surface area contributed by atoms with Crippen LogP contribution in [0.4, 0.5) is 0 Å². The van der Waals surface area contributed by atoms with E-state index in [1.807, 2.05) is 22.6 Å². The SMILES string of the molecule is O=C(OCCN1CCOCC1)c1cc(O)c(I)c(COc2cc(C(=O)OCCN3CCOCC3)ccc2I)c1. The third-order valence-electron chi connectivity index (χ3n) is 6.40. The summed E-state index contributed by atoms with van der Waals surface area (Å²) in [6.07, 6.45) is 0. The standard InChI is InChI=1S/C27H32I2N2O8/c28-22-2-1-19(26(33)37-13-7-30-3-9-35-10-4-30)17-24(22)39-18-21-15-20(16-23(32)25(21)29)27(34)38-14-8-31-5-11-36-12-6-31/h1-2,15-17,32H,3-14,18H2. The van der Waals surface area contributed by atoms with E-state index in [9.17, 15) is 14.7 Å². The third-order valence-corrected chi connectivity index (χ3v) is 8.54. The molecule has 2 aliphatic rings. The van der Waals surface area contributed by atoms with Gasteiger partial charge in [-0.05, 0) is 75.5 Å². The molecule has 2 aromatic rings. The highest BCUT2D eigenvalue weighted by Crippen LogP contribution is 2.29. The molecule has 0 spiro atoms. The maximum absolute atomic E-state index is 12.7. The number of morpholine rings is 2. The maximum atomic E-state index is 12.7. The molecule has 212 valence electrons. The number of phenolic OH excluding ortho intramolecular Hbond substituents is 1. The maximum Gasteiger partial charge on any atom is 0.338 e. The highest BCUT2D eigenvalue weighted by molar-refractivity contribution is 14.1. The van der Waals surface area contributed by atoms with Gasteiger partial charge in [0.25, 0.3) is 0 Å². The Labute approximate surface area is 255 Å². The van der Waals surface area contributed by atoms with Crippen molar-refractivity contribution in [3.05, 3.63) is 54.2 Å². The van der Waals surface area contributed by atoms with Gasteiger partial charge in [0.15, 0.2) is 0 Å². The first-order chi connectivity index (χ1) is 18.9. The lowest BCUT2D eigenvalue weighted by molar-refractivity contribution is 0.0190. The number of hydrogen-bond donors (Lipinski definition) is 1. The molecule has 0 atom stereocenters. The lowest BCUT2D eigenvalue weighted by Crippen LogP contribution is -2.38. The van der Waals surface area contributed by atoms with Gasteiger partial charge in [-0.3, -0.25) is 9.80 Å². The minimum absolute atomic E-state index is 0.0240. The molecule has 10 nitrogen and oxygen atoms in total. The molecule has 0 unspecified atom stereocenters. The van der Waals surface area contributed by atoms with Crippen molar-refractivity contribution in [1.29, 1.82) is 0 Å². The van der Waals surface area contributed by atoms with Crippen LogP contribution >= 0.6 is 45.2 Å². The van der Waals surface area contributed by atoms with E-state index in [0.29, 0.717) is 66.6 Å². The highest BCUT2D eigenvalue weighted by Gasteiger charge is 2.18. The van der Waals surface area contributed by atoms with E-state index in [1.165, 1.54) is 6.07 Å². The molecule has 1 N–H and O–H groups in total. The Bertz CT molecular complexity index is 1140. The number of halogens is 2. The summed E-state index contributed by atoms with van der Waals surface area (Å²) >= 11 is 4.15. The molecule has 2 aromatic carbocycles. The fraction of sp³-hybridized carbons (Fsp3) is 0.481. The van der Waals surface area contributed by atoms with Gasteiger partial charge in [0.2, 0.25) is 0 Å². The summed E-state index contributed by atoms with van der Waals surface area (Å²) in [5.74, 6) is -0.442. The molecule has 0 bridgehead atoms. The van der Waals surface area contributed by atoms with Crippen molar-refractivity contribution in [1.82, 2.24) is 9.80 Å². The first-order valence-corrected chi connectivity index (χ1v) is 14.9. The number of carbonyl (C=O) groups is 2. The number of esters is 2. The number of nitrogens with zero attached hydrogens (tertiary/aromatic N) is 2. The van der Waals surface area contributed by atoms with Crippen LogP contribution in [0.1, 0.15) is 26.3 Å². The van der Waals surface area contributed by atoms with Crippen molar-refractivity contribution in [2.45, 2.75) is 6.61 Å². The predicted molar refractivity (Wildman–Crippen MR) is 159 cm³/mol. The summed E-state index contributed by atoms with van der Waals surface area (Å²) in [7, 11) is 0. The van der Waals surface area contributed by atoms with Gasteiger partial charge in [0.05, 0.1) is 44.7 Å². The Kier molecular flexibility index (Phi) is 11.9. The first-order valence-electron chi connectivity index (χ1n) is 12.8. The van der Waals surface area contributed by atoms with E-state index in [0.717, 1.165) is 29.7 Å². The van der Waals surface area contributed by atoms with Crippen LogP contribution in [0.5, 0.6) is 11.5 Å². The molecule has 0 radical (unpaired) electrons. The lowest BCUT2D eigenvalue weighted by atomic mass is 10.1. The van der Waals surface area contributed by atoms with Gasteiger partial charge in [-0.1, -0.05) is 0 Å². The average molecular weight is 766 g/mol. The molecular formula is C27H32I2N2O8. The van der Waals surface area contributed by atoms with Crippen molar-refractivity contribution in [2.24, 2.45) is 0 Å². The number of rotatable bonds is 11. The summed E-state index contributed by atoms with van der Waals surface area (Å²) in [6.45, 7) is 7.99. The minimum Gasteiger partial charge on any atom is -0.507 e. The van der Waals surface area contributed by atoms with Crippen molar-refractivity contribution < 1.29 is 38.4 Å². The van der Waals surface area contributed by atoms with E-state index >= 15 is 0 Å². The molecular weight excluding hydrogens is 734 g/mol. The van der Waals surface area contributed by atoms with Crippen LogP contribution < -0.4 is 4.74 Å². The Morgan fingerprint density at radius 3 is 1.97 bits per heavy atom. The number of aromatic hydroxyl groups is 1. The Hall–Kier alpha value is -1.72. The van der Waals surface area contributed by atoms with E-state index < -0.39 is 11.9 Å². The van der Waals surface area contributed by atoms with Crippen molar-refractivity contribution in [2.75, 3.05) is 78.9 Å². The number of carbonyl (C=O) groups excluding carboxylic acids is 2. The van der Waals surface area contributed by atoms with E-state index in [4.69, 9.17) is 23.7 Å². The van der Waals surface area contributed by atoms with Crippen LogP contribution in [0.3, 0.4) is 0 Å². The van der Waals surface area contributed by atoms with E-state index in [-0.39, 0.29) is 24.5 Å². The van der Waals surface area contributed by atoms with Gasteiger partial charge >= 0.3 is 11.9 Å². The zero-order valence-corrected chi connectivity index (χ0v) is 25.8. The summed E-state index contributed by atoms with van der Waals surface area (Å²) in [5, 5.41) is 10.4. The summed E-state index contributed by atoms with van der Waals surface area (Å²) in [4.78, 5) is 29.6. The van der Waals surface area contributed by atoms with Gasteiger partial charge in [-0.2, -0.15) is 0 Å². The van der Waals surface area contributed by atoms with Gasteiger partial charge in [0, 0.05) is 44.8 Å². The fourth-order valence-corrected chi connectivity index (χ4v) is 5.10. The molecule has 12 heteroatoms. The van der Waals surface area contributed by atoms with Crippen LogP contribution in [-0.4, -0.2) is 106 Å². The quantitative estimate of drug-likeness (QED) is 0.271. The summed E-state index contributed by atoms with van der Waals surface area (Å²) in [6, 6.07) is 8.21. The minimum atomic E-state index is -0.507. The molecule has 2 fully saturated rings. The number of hydrogen-bond acceptors (Lipinski definition) is 10. The molecule has 4 rings (SSSR count). The second kappa shape index (κ2) is 15.3. The Balaban J connectivity index is 1.32. The monoisotopic (exact) mass is 766 g/mol. The molecule has 2 heterocycles. The van der Waals surface area contributed by atoms with E-state index in [1.54, 1.807) is 24.3 Å². The van der Waals surface area contributed by atoms with Crippen LogP contribution in [0.15, 0.2) is 30.3 Å². The molecule has 0 aromatic heterocycles. The average Bonchev–Trinajstić information content (AvgIpc) is 2.95. The predicted octanol–water partition coefficient (Wildman–Crippen LogP) is 3.16. The Morgan fingerprint density at radius 1 is 0.821 bits per heavy atom. The normalized spacial score (nSPS) is 16.6. The van der Waals surface area contributed by atoms with Crippen molar-refractivity contribution in [3.63, 3.8) is 0 Å². The van der Waals surface area contributed by atoms with Crippen LogP contribution in [0.25, 0.3) is 0 Å². The van der Waals surface area contributed by atoms with E-state index in [2.05, 4.69) is 32.4 Å². The highest BCUT2D eigenvalue weighted by atomic mass is 127. The second-order valence-electron chi connectivity index (χ2n) is 9.08. The molecule has 0 amide bonds. The third kappa shape index (κ3) is 9.14. The number of ether oxygens (including phenoxy) is 5. The molecule has 0 saturated carbocycles. The Morgan fingerprint density at radius 2 is 1.38 bits per heavy atom. The largest absolute Gasteiger partial charge is 0.507 e. The van der Waals surface area contributed by atoms with Gasteiger partial charge in [0.1, 0.15) is 31.3 Å². The molecule has 2 aliphatic heterocycles. The van der Waals surface area contributed by atoms with Gasteiger partial charge in [-0.15, -0.1) is 0 Å². The zero-order valence-electron chi connectivity index (χ0n) is 21.5. The first kappa shape index (κ1) is 30.2. The van der Waals surface area contributed by atoms with Crippen LogP contribution in [0.2, 0.25) is 0 Å². The van der Waals surface area contributed by atoms with Gasteiger partial charge in [-0.25, -0.2) is 9.59 Å². The zero-order chi connectivity index (χ0) is 27.6. The van der Waals surface area contributed by atoms with Gasteiger partial charge < -0.3 is 28.8 Å². The van der Waals surface area contributed by atoms with Crippen molar-refractivity contribution >= 4 is 57.1 Å². The second-order valence-corrected chi connectivity index (χ2v) is 11.3. The van der Waals surface area contributed by atoms with Crippen LogP contribution in [-0.2, 0) is 25.6 Å². The summed E-state index contributed by atoms with van der Waals surface area (Å²) in [5.41, 5.74) is 1.27.